The molecule has 0 heterocycles. The normalized spacial score (nSPS) is 24.3. The molecule has 1 aliphatic rings. The standard InChI is InChI=1S/C4H5NO/c6-5-4-2-1-3-4/h1-2,6H,3H2. The van der Waals surface area contributed by atoms with Gasteiger partial charge in [-0.3, -0.25) is 0 Å². The number of hydrogen-bond acceptors (Lipinski definition) is 2. The second-order valence-corrected chi connectivity index (χ2v) is 1.20. The lowest BCUT2D eigenvalue weighted by Gasteiger charge is -1.98. The molecule has 0 fully saturated rings. The van der Waals surface area contributed by atoms with Crippen molar-refractivity contribution >= 4 is 5.71 Å². The molecule has 0 aromatic rings. The van der Waals surface area contributed by atoms with Gasteiger partial charge in [0.1, 0.15) is 0 Å². The Kier molecular flexibility index (Phi) is 0.638. The van der Waals surface area contributed by atoms with Crippen LogP contribution >= 0.6 is 0 Å². The molecule has 2 nitrogen and oxygen atoms in total. The lowest BCUT2D eigenvalue weighted by atomic mass is 10.1. The van der Waals surface area contributed by atoms with E-state index < -0.39 is 0 Å². The minimum Gasteiger partial charge on any atom is -0.411 e. The van der Waals surface area contributed by atoms with Crippen molar-refractivity contribution in [3.63, 3.8) is 0 Å². The van der Waals surface area contributed by atoms with Crippen LogP contribution in [0.2, 0.25) is 0 Å². The van der Waals surface area contributed by atoms with Crippen LogP contribution in [0.3, 0.4) is 0 Å². The number of hydrogen-bond donors (Lipinski definition) is 1. The van der Waals surface area contributed by atoms with E-state index >= 15 is 0 Å². The van der Waals surface area contributed by atoms with Crippen LogP contribution < -0.4 is 0 Å². The third kappa shape index (κ3) is 0.302. The van der Waals surface area contributed by atoms with Crippen LogP contribution in [0.4, 0.5) is 0 Å². The molecule has 0 aromatic heterocycles. The highest BCUT2D eigenvalue weighted by Gasteiger charge is 1.97. The predicted octanol–water partition coefficient (Wildman–Crippen LogP) is 0.776. The van der Waals surface area contributed by atoms with E-state index in [2.05, 4.69) is 5.16 Å². The maximum atomic E-state index is 7.92. The Morgan fingerprint density at radius 2 is 2.50 bits per heavy atom. The van der Waals surface area contributed by atoms with Gasteiger partial charge in [-0.25, -0.2) is 0 Å². The topological polar surface area (TPSA) is 32.6 Å². The van der Waals surface area contributed by atoms with Crippen molar-refractivity contribution in [2.45, 2.75) is 6.42 Å². The van der Waals surface area contributed by atoms with E-state index in [0.717, 1.165) is 12.1 Å². The summed E-state index contributed by atoms with van der Waals surface area (Å²) in [7, 11) is 0. The lowest BCUT2D eigenvalue weighted by molar-refractivity contribution is 0.318. The third-order valence-electron chi connectivity index (χ3n) is 0.766. The molecule has 0 bridgehead atoms. The molecule has 0 aromatic carbocycles. The Labute approximate surface area is 35.8 Å². The SMILES string of the molecule is ON=C1C=CC1. The Hall–Kier alpha value is -0.790. The van der Waals surface area contributed by atoms with Crippen molar-refractivity contribution in [2.24, 2.45) is 5.16 Å². The summed E-state index contributed by atoms with van der Waals surface area (Å²) in [6, 6.07) is 0. The number of allylic oxidation sites excluding steroid dienone is 2. The second kappa shape index (κ2) is 1.12. The molecule has 32 valence electrons. The first-order valence-corrected chi connectivity index (χ1v) is 1.81. The predicted molar refractivity (Wildman–Crippen MR) is 23.0 cm³/mol. The summed E-state index contributed by atoms with van der Waals surface area (Å²) in [5.41, 5.74) is 0.773. The van der Waals surface area contributed by atoms with Gasteiger partial charge < -0.3 is 5.21 Å². The number of rotatable bonds is 0. The van der Waals surface area contributed by atoms with Crippen molar-refractivity contribution in [3.05, 3.63) is 12.2 Å². The summed E-state index contributed by atoms with van der Waals surface area (Å²) in [5.74, 6) is 0. The van der Waals surface area contributed by atoms with Crippen molar-refractivity contribution in [1.29, 1.82) is 0 Å². The van der Waals surface area contributed by atoms with Gasteiger partial charge in [-0.05, 0) is 6.08 Å². The average Bonchev–Trinajstić information content (AvgIpc) is 1.31. The summed E-state index contributed by atoms with van der Waals surface area (Å²) in [6.45, 7) is 0. The van der Waals surface area contributed by atoms with Crippen molar-refractivity contribution in [2.75, 3.05) is 0 Å². The molecule has 0 spiro atoms. The molecule has 0 aliphatic heterocycles. The largest absolute Gasteiger partial charge is 0.411 e. The first-order valence-electron chi connectivity index (χ1n) is 1.81. The molecule has 1 rings (SSSR count). The Balaban J connectivity index is 2.60. The number of nitrogens with zero attached hydrogens (tertiary/aromatic N) is 1. The van der Waals surface area contributed by atoms with Crippen LogP contribution in [0.1, 0.15) is 6.42 Å². The molecule has 2 heteroatoms. The zero-order valence-corrected chi connectivity index (χ0v) is 3.26. The van der Waals surface area contributed by atoms with Gasteiger partial charge in [0.2, 0.25) is 0 Å². The quantitative estimate of drug-likeness (QED) is 0.340. The summed E-state index contributed by atoms with van der Waals surface area (Å²) in [4.78, 5) is 0. The Bertz CT molecular complexity index is 104. The molecule has 0 atom stereocenters. The summed E-state index contributed by atoms with van der Waals surface area (Å²) < 4.78 is 0. The van der Waals surface area contributed by atoms with Crippen LogP contribution in [0.25, 0.3) is 0 Å². The van der Waals surface area contributed by atoms with Gasteiger partial charge in [0.25, 0.3) is 0 Å². The van der Waals surface area contributed by atoms with E-state index in [1.165, 1.54) is 0 Å². The Morgan fingerprint density at radius 3 is 2.50 bits per heavy atom. The molecule has 1 N–H and O–H groups in total. The van der Waals surface area contributed by atoms with Crippen LogP contribution in [-0.4, -0.2) is 10.9 Å². The van der Waals surface area contributed by atoms with E-state index in [0.29, 0.717) is 0 Å². The third-order valence-corrected chi connectivity index (χ3v) is 0.766. The van der Waals surface area contributed by atoms with Gasteiger partial charge >= 0.3 is 0 Å². The van der Waals surface area contributed by atoms with Crippen molar-refractivity contribution in [3.8, 4) is 0 Å². The molecular formula is C4H5NO. The van der Waals surface area contributed by atoms with Crippen LogP contribution in [0, 0.1) is 0 Å². The maximum absolute atomic E-state index is 7.92. The average molecular weight is 83.1 g/mol. The smallest absolute Gasteiger partial charge is 0.0830 e. The number of oxime groups is 1. The summed E-state index contributed by atoms with van der Waals surface area (Å²) >= 11 is 0. The zero-order chi connectivity index (χ0) is 4.41. The van der Waals surface area contributed by atoms with Gasteiger partial charge in [-0.2, -0.15) is 0 Å². The molecule has 0 unspecified atom stereocenters. The molecule has 0 radical (unpaired) electrons. The van der Waals surface area contributed by atoms with Gasteiger partial charge in [0, 0.05) is 6.42 Å². The van der Waals surface area contributed by atoms with E-state index in [1.54, 1.807) is 6.08 Å². The van der Waals surface area contributed by atoms with E-state index in [9.17, 15) is 0 Å². The molecule has 6 heavy (non-hydrogen) atoms. The molecule has 0 amide bonds. The molecular weight excluding hydrogens is 78.0 g/mol. The minimum atomic E-state index is 0.773. The monoisotopic (exact) mass is 83.0 g/mol. The minimum absolute atomic E-state index is 0.773. The van der Waals surface area contributed by atoms with E-state index in [-0.39, 0.29) is 0 Å². The fourth-order valence-electron chi connectivity index (χ4n) is 0.297. The van der Waals surface area contributed by atoms with Crippen LogP contribution in [-0.2, 0) is 0 Å². The summed E-state index contributed by atoms with van der Waals surface area (Å²) in [6.07, 6.45) is 4.55. The molecule has 1 aliphatic carbocycles. The Morgan fingerprint density at radius 1 is 1.83 bits per heavy atom. The second-order valence-electron chi connectivity index (χ2n) is 1.20. The molecule has 0 saturated heterocycles. The zero-order valence-electron chi connectivity index (χ0n) is 3.26. The lowest BCUT2D eigenvalue weighted by Crippen LogP contribution is -1.98. The first kappa shape index (κ1) is 3.40. The fraction of sp³-hybridized carbons (Fsp3) is 0.250. The van der Waals surface area contributed by atoms with Gasteiger partial charge in [-0.15, -0.1) is 0 Å². The van der Waals surface area contributed by atoms with Gasteiger partial charge in [0.15, 0.2) is 0 Å². The fourth-order valence-corrected chi connectivity index (χ4v) is 0.297. The van der Waals surface area contributed by atoms with E-state index in [1.807, 2.05) is 6.08 Å². The van der Waals surface area contributed by atoms with Gasteiger partial charge in [0.05, 0.1) is 5.71 Å². The van der Waals surface area contributed by atoms with E-state index in [4.69, 9.17) is 5.21 Å². The highest BCUT2D eigenvalue weighted by atomic mass is 16.4. The van der Waals surface area contributed by atoms with Crippen molar-refractivity contribution in [1.82, 2.24) is 0 Å². The first-order chi connectivity index (χ1) is 2.93. The highest BCUT2D eigenvalue weighted by Crippen LogP contribution is 2.00. The molecule has 0 saturated carbocycles. The summed E-state index contributed by atoms with van der Waals surface area (Å²) in [5, 5.41) is 10.8. The van der Waals surface area contributed by atoms with Crippen LogP contribution in [0.15, 0.2) is 17.3 Å². The van der Waals surface area contributed by atoms with Crippen molar-refractivity contribution < 1.29 is 5.21 Å². The highest BCUT2D eigenvalue weighted by molar-refractivity contribution is 6.00. The van der Waals surface area contributed by atoms with Crippen LogP contribution in [0.5, 0.6) is 0 Å². The van der Waals surface area contributed by atoms with Gasteiger partial charge in [-0.1, -0.05) is 11.2 Å². The maximum Gasteiger partial charge on any atom is 0.0830 e.